The number of carbonyl (C=O) groups is 3. The van der Waals surface area contributed by atoms with Gasteiger partial charge in [0.1, 0.15) is 23.3 Å². The van der Waals surface area contributed by atoms with Crippen molar-refractivity contribution < 1.29 is 24.2 Å². The van der Waals surface area contributed by atoms with Gasteiger partial charge in [-0.2, -0.15) is 0 Å². The fourth-order valence-electron chi connectivity index (χ4n) is 3.76. The van der Waals surface area contributed by atoms with Crippen molar-refractivity contribution in [2.45, 2.75) is 26.8 Å². The molecule has 1 amide bonds. The molecule has 3 heterocycles. The van der Waals surface area contributed by atoms with Crippen molar-refractivity contribution in [2.24, 2.45) is 0 Å². The molecule has 2 aromatic heterocycles. The summed E-state index contributed by atoms with van der Waals surface area (Å²) in [4.78, 5) is 45.5. The Kier molecular flexibility index (Phi) is 6.49. The number of aliphatic hydroxyl groups excluding tert-OH is 1. The molecule has 3 aromatic rings. The molecule has 1 unspecified atom stereocenters. The largest absolute Gasteiger partial charge is 0.507 e. The van der Waals surface area contributed by atoms with Gasteiger partial charge in [-0.1, -0.05) is 47.8 Å². The molecule has 7 nitrogen and oxygen atoms in total. The monoisotopic (exact) mass is 494 g/mol. The van der Waals surface area contributed by atoms with Crippen molar-refractivity contribution >= 4 is 51.2 Å². The van der Waals surface area contributed by atoms with E-state index < -0.39 is 23.7 Å². The Balaban J connectivity index is 1.87. The molecule has 0 radical (unpaired) electrons. The van der Waals surface area contributed by atoms with Gasteiger partial charge in [0.05, 0.1) is 11.3 Å². The summed E-state index contributed by atoms with van der Waals surface area (Å²) in [7, 11) is 0. The number of hydrogen-bond donors (Lipinski definition) is 1. The van der Waals surface area contributed by atoms with E-state index in [0.717, 1.165) is 22.5 Å². The van der Waals surface area contributed by atoms with Crippen LogP contribution in [0.1, 0.15) is 43.0 Å². The normalized spacial score (nSPS) is 17.3. The topological polar surface area (TPSA) is 96.8 Å². The number of amides is 1. The van der Waals surface area contributed by atoms with Crippen LogP contribution in [0.5, 0.6) is 0 Å². The van der Waals surface area contributed by atoms with Crippen LogP contribution in [0.15, 0.2) is 53.9 Å². The van der Waals surface area contributed by atoms with Gasteiger partial charge in [0.15, 0.2) is 5.13 Å². The lowest BCUT2D eigenvalue weighted by Crippen LogP contribution is -2.29. The molecule has 1 aliphatic heterocycles. The number of aliphatic hydroxyl groups is 1. The molecule has 9 heteroatoms. The number of nitrogens with zero attached hydrogens (tertiary/aromatic N) is 2. The van der Waals surface area contributed by atoms with Crippen LogP contribution in [0.4, 0.5) is 5.13 Å². The van der Waals surface area contributed by atoms with Crippen molar-refractivity contribution in [2.75, 3.05) is 11.5 Å². The molecule has 0 aliphatic carbocycles. The number of carbonyl (C=O) groups excluding carboxylic acids is 3. The second-order valence-electron chi connectivity index (χ2n) is 7.80. The second-order valence-corrected chi connectivity index (χ2v) is 9.76. The van der Waals surface area contributed by atoms with Gasteiger partial charge in [-0.05, 0) is 43.8 Å². The van der Waals surface area contributed by atoms with Gasteiger partial charge in [-0.15, -0.1) is 11.3 Å². The van der Waals surface area contributed by atoms with Crippen LogP contribution in [0.3, 0.4) is 0 Å². The number of ketones is 1. The summed E-state index contributed by atoms with van der Waals surface area (Å²) < 4.78 is 5.12. The van der Waals surface area contributed by atoms with Gasteiger partial charge in [0, 0.05) is 10.4 Å². The lowest BCUT2D eigenvalue weighted by molar-refractivity contribution is -0.132. The van der Waals surface area contributed by atoms with Crippen LogP contribution in [0, 0.1) is 20.8 Å². The summed E-state index contributed by atoms with van der Waals surface area (Å²) in [5, 5.41) is 13.3. The van der Waals surface area contributed by atoms with E-state index >= 15 is 0 Å². The van der Waals surface area contributed by atoms with Crippen LogP contribution in [0.2, 0.25) is 0 Å². The number of esters is 1. The van der Waals surface area contributed by atoms with Crippen molar-refractivity contribution in [3.63, 3.8) is 0 Å². The zero-order valence-electron chi connectivity index (χ0n) is 18.8. The Labute approximate surface area is 204 Å². The van der Waals surface area contributed by atoms with Gasteiger partial charge in [-0.3, -0.25) is 14.5 Å². The first-order chi connectivity index (χ1) is 16.2. The fourth-order valence-corrected chi connectivity index (χ4v) is 5.57. The van der Waals surface area contributed by atoms with Gasteiger partial charge in [-0.25, -0.2) is 9.78 Å². The molecule has 0 spiro atoms. The number of aromatic nitrogens is 1. The highest BCUT2D eigenvalue weighted by Crippen LogP contribution is 2.45. The maximum atomic E-state index is 13.2. The Bertz CT molecular complexity index is 1340. The third-order valence-electron chi connectivity index (χ3n) is 5.41. The van der Waals surface area contributed by atoms with Crippen LogP contribution in [-0.4, -0.2) is 34.4 Å². The van der Waals surface area contributed by atoms with Crippen LogP contribution >= 0.6 is 22.7 Å². The van der Waals surface area contributed by atoms with Gasteiger partial charge in [0.2, 0.25) is 0 Å². The van der Waals surface area contributed by atoms with E-state index in [2.05, 4.69) is 11.6 Å². The SMILES string of the molecule is C=CCOC(=O)c1sc(N2C(=O)C(=O)/C(=C(/O)c3cc(C)ccc3C)C2c2cccs2)nc1C. The third kappa shape index (κ3) is 4.08. The molecule has 1 aliphatic rings. The molecule has 0 bridgehead atoms. The number of aryl methyl sites for hydroxylation is 3. The molecular formula is C25H22N2O5S2. The molecule has 1 saturated heterocycles. The number of thiazole rings is 1. The number of benzene rings is 1. The quantitative estimate of drug-likeness (QED) is 0.168. The Morgan fingerprint density at radius 2 is 2.03 bits per heavy atom. The highest BCUT2D eigenvalue weighted by molar-refractivity contribution is 7.18. The van der Waals surface area contributed by atoms with Gasteiger partial charge < -0.3 is 9.84 Å². The van der Waals surface area contributed by atoms with E-state index in [4.69, 9.17) is 4.74 Å². The second kappa shape index (κ2) is 9.36. The van der Waals surface area contributed by atoms with E-state index in [1.54, 1.807) is 19.1 Å². The molecule has 0 saturated carbocycles. The first-order valence-electron chi connectivity index (χ1n) is 10.4. The van der Waals surface area contributed by atoms with E-state index in [1.165, 1.54) is 22.3 Å². The number of Topliss-reactive ketones (excluding diaryl/α,β-unsaturated/α-hetero) is 1. The molecular weight excluding hydrogens is 472 g/mol. The van der Waals surface area contributed by atoms with Gasteiger partial charge >= 0.3 is 11.9 Å². The van der Waals surface area contributed by atoms with Crippen molar-refractivity contribution in [1.29, 1.82) is 0 Å². The number of thiophene rings is 1. The lowest BCUT2D eigenvalue weighted by Gasteiger charge is -2.21. The Morgan fingerprint density at radius 3 is 2.71 bits per heavy atom. The molecule has 4 rings (SSSR count). The van der Waals surface area contributed by atoms with E-state index in [9.17, 15) is 19.5 Å². The standard InChI is InChI=1S/C25H22N2O5S2/c1-5-10-32-24(31)22-15(4)26-25(34-22)27-19(17-7-6-11-33-17)18(21(29)23(27)30)20(28)16-12-13(2)8-9-14(16)3/h5-9,11-12,19,28H,1,10H2,2-4H3/b20-18+. The first-order valence-corrected chi connectivity index (χ1v) is 12.1. The summed E-state index contributed by atoms with van der Waals surface area (Å²) in [6, 6.07) is 8.28. The highest BCUT2D eigenvalue weighted by Gasteiger charge is 2.49. The number of rotatable bonds is 6. The van der Waals surface area contributed by atoms with Crippen molar-refractivity contribution in [1.82, 2.24) is 4.98 Å². The zero-order chi connectivity index (χ0) is 24.6. The van der Waals surface area contributed by atoms with Crippen LogP contribution in [0.25, 0.3) is 5.76 Å². The predicted octanol–water partition coefficient (Wildman–Crippen LogP) is 5.10. The zero-order valence-corrected chi connectivity index (χ0v) is 20.5. The molecule has 1 atom stereocenters. The maximum Gasteiger partial charge on any atom is 0.350 e. The molecule has 34 heavy (non-hydrogen) atoms. The first kappa shape index (κ1) is 23.6. The van der Waals surface area contributed by atoms with E-state index in [-0.39, 0.29) is 27.9 Å². The smallest absolute Gasteiger partial charge is 0.350 e. The minimum atomic E-state index is -0.873. The van der Waals surface area contributed by atoms with Crippen molar-refractivity contribution in [3.8, 4) is 0 Å². The number of hydrogen-bond acceptors (Lipinski definition) is 8. The highest BCUT2D eigenvalue weighted by atomic mass is 32.1. The molecule has 1 N–H and O–H groups in total. The summed E-state index contributed by atoms with van der Waals surface area (Å²) in [6.07, 6.45) is 1.46. The summed E-state index contributed by atoms with van der Waals surface area (Å²) in [5.74, 6) is -2.44. The van der Waals surface area contributed by atoms with Crippen molar-refractivity contribution in [3.05, 3.63) is 86.1 Å². The Hall–Kier alpha value is -3.56. The average molecular weight is 495 g/mol. The summed E-state index contributed by atoms with van der Waals surface area (Å²) >= 11 is 2.33. The summed E-state index contributed by atoms with van der Waals surface area (Å²) in [5.41, 5.74) is 2.55. The lowest BCUT2D eigenvalue weighted by atomic mass is 9.96. The minimum absolute atomic E-state index is 0.00946. The van der Waals surface area contributed by atoms with Crippen LogP contribution < -0.4 is 4.90 Å². The van der Waals surface area contributed by atoms with Crippen LogP contribution in [-0.2, 0) is 14.3 Å². The van der Waals surface area contributed by atoms with Gasteiger partial charge in [0.25, 0.3) is 5.78 Å². The van der Waals surface area contributed by atoms with E-state index in [0.29, 0.717) is 16.1 Å². The maximum absolute atomic E-state index is 13.2. The fraction of sp³-hybridized carbons (Fsp3) is 0.200. The number of anilines is 1. The molecule has 1 fully saturated rings. The third-order valence-corrected chi connectivity index (χ3v) is 7.48. The predicted molar refractivity (Wildman–Crippen MR) is 132 cm³/mol. The molecule has 1 aromatic carbocycles. The molecule has 174 valence electrons. The summed E-state index contributed by atoms with van der Waals surface area (Å²) in [6.45, 7) is 8.92. The Morgan fingerprint density at radius 1 is 1.26 bits per heavy atom. The average Bonchev–Trinajstić information content (AvgIpc) is 3.52. The number of ether oxygens (including phenoxy) is 1. The van der Waals surface area contributed by atoms with E-state index in [1.807, 2.05) is 37.4 Å². The minimum Gasteiger partial charge on any atom is -0.507 e.